The first-order valence-corrected chi connectivity index (χ1v) is 13.6. The smallest absolute Gasteiger partial charge is 0.243 e. The second kappa shape index (κ2) is 11.3. The predicted octanol–water partition coefficient (Wildman–Crippen LogP) is 2.07. The van der Waals surface area contributed by atoms with Crippen molar-refractivity contribution in [2.75, 3.05) is 26.3 Å². The second-order valence-corrected chi connectivity index (χ2v) is 11.4. The topological polar surface area (TPSA) is 105 Å². The molecule has 2 saturated heterocycles. The maximum absolute atomic E-state index is 13.4. The molecule has 0 bridgehead atoms. The van der Waals surface area contributed by atoms with E-state index >= 15 is 0 Å². The van der Waals surface area contributed by atoms with Crippen molar-refractivity contribution in [1.82, 2.24) is 9.62 Å². The standard InChI is InChI=1S/C24H36N2O6S/c27-19-15-26(33(29,30)21-9-5-2-6-10-21)22-12-11-20(32-23(22)17-31-16-19)13-24(28)25-14-18-7-3-1-4-8-18/h2,5-6,9-10,18-20,22-23,27H,1,3-4,7-8,11-17H2,(H,25,28)/t19-,20+,22+,23-/m1/s1. The number of amides is 1. The highest BCUT2D eigenvalue weighted by Gasteiger charge is 2.43. The lowest BCUT2D eigenvalue weighted by Gasteiger charge is -2.43. The Balaban J connectivity index is 1.39. The van der Waals surface area contributed by atoms with Crippen LogP contribution in [0.25, 0.3) is 0 Å². The fraction of sp³-hybridized carbons (Fsp3) is 0.708. The van der Waals surface area contributed by atoms with E-state index in [1.165, 1.54) is 36.4 Å². The molecule has 1 aromatic carbocycles. The van der Waals surface area contributed by atoms with Gasteiger partial charge in [-0.2, -0.15) is 4.31 Å². The first-order valence-electron chi connectivity index (χ1n) is 12.2. The van der Waals surface area contributed by atoms with Gasteiger partial charge in [0.2, 0.25) is 15.9 Å². The van der Waals surface area contributed by atoms with E-state index in [0.717, 1.165) is 6.54 Å². The number of fused-ring (bicyclic) bond motifs is 1. The second-order valence-electron chi connectivity index (χ2n) is 9.53. The predicted molar refractivity (Wildman–Crippen MR) is 123 cm³/mol. The van der Waals surface area contributed by atoms with Crippen LogP contribution in [-0.4, -0.2) is 74.4 Å². The minimum absolute atomic E-state index is 0.0139. The van der Waals surface area contributed by atoms with E-state index in [2.05, 4.69) is 5.32 Å². The molecule has 8 nitrogen and oxygen atoms in total. The summed E-state index contributed by atoms with van der Waals surface area (Å²) in [6.45, 7) is 0.901. The number of aliphatic hydroxyl groups excluding tert-OH is 1. The zero-order valence-corrected chi connectivity index (χ0v) is 19.9. The molecule has 4 atom stereocenters. The van der Waals surface area contributed by atoms with Crippen LogP contribution in [0.5, 0.6) is 0 Å². The van der Waals surface area contributed by atoms with Crippen molar-refractivity contribution >= 4 is 15.9 Å². The van der Waals surface area contributed by atoms with E-state index in [1.54, 1.807) is 30.3 Å². The van der Waals surface area contributed by atoms with Gasteiger partial charge in [0, 0.05) is 13.1 Å². The lowest BCUT2D eigenvalue weighted by atomic mass is 9.89. The van der Waals surface area contributed by atoms with Gasteiger partial charge in [-0.25, -0.2) is 8.42 Å². The van der Waals surface area contributed by atoms with Gasteiger partial charge in [-0.3, -0.25) is 4.79 Å². The molecule has 3 fully saturated rings. The number of sulfonamides is 1. The maximum Gasteiger partial charge on any atom is 0.243 e. The molecular weight excluding hydrogens is 444 g/mol. The molecule has 1 saturated carbocycles. The van der Waals surface area contributed by atoms with Crippen LogP contribution < -0.4 is 5.32 Å². The molecule has 184 valence electrons. The molecule has 1 aliphatic carbocycles. The third-order valence-electron chi connectivity index (χ3n) is 7.01. The summed E-state index contributed by atoms with van der Waals surface area (Å²) in [5, 5.41) is 13.4. The zero-order chi connectivity index (χ0) is 23.3. The minimum Gasteiger partial charge on any atom is -0.389 e. The highest BCUT2D eigenvalue weighted by molar-refractivity contribution is 7.89. The molecule has 4 rings (SSSR count). The number of rotatable bonds is 6. The van der Waals surface area contributed by atoms with Crippen LogP contribution in [0.2, 0.25) is 0 Å². The molecule has 1 aromatic rings. The molecule has 3 aliphatic rings. The Morgan fingerprint density at radius 3 is 2.58 bits per heavy atom. The summed E-state index contributed by atoms with van der Waals surface area (Å²) in [5.41, 5.74) is 0. The van der Waals surface area contributed by atoms with Gasteiger partial charge in [-0.05, 0) is 43.7 Å². The summed E-state index contributed by atoms with van der Waals surface area (Å²) < 4.78 is 40.0. The van der Waals surface area contributed by atoms with Gasteiger partial charge < -0.3 is 19.9 Å². The Labute approximate surface area is 196 Å². The van der Waals surface area contributed by atoms with Gasteiger partial charge in [0.05, 0.1) is 48.9 Å². The number of carbonyl (C=O) groups is 1. The quantitative estimate of drug-likeness (QED) is 0.646. The normalized spacial score (nSPS) is 30.1. The SMILES string of the molecule is O=C(C[C@@H]1CC[C@H]2[C@@H](COC[C@H](O)CN2S(=O)(=O)c2ccccc2)O1)NCC1CCCCC1. The van der Waals surface area contributed by atoms with E-state index in [1.807, 2.05) is 0 Å². The highest BCUT2D eigenvalue weighted by Crippen LogP contribution is 2.31. The van der Waals surface area contributed by atoms with E-state index in [4.69, 9.17) is 9.47 Å². The van der Waals surface area contributed by atoms with Gasteiger partial charge in [-0.15, -0.1) is 0 Å². The summed E-state index contributed by atoms with van der Waals surface area (Å²) in [4.78, 5) is 12.7. The van der Waals surface area contributed by atoms with Crippen LogP contribution in [0.3, 0.4) is 0 Å². The van der Waals surface area contributed by atoms with Crippen molar-refractivity contribution < 1.29 is 27.8 Å². The third kappa shape index (κ3) is 6.33. The van der Waals surface area contributed by atoms with Gasteiger partial charge >= 0.3 is 0 Å². The van der Waals surface area contributed by atoms with Crippen molar-refractivity contribution in [3.8, 4) is 0 Å². The van der Waals surface area contributed by atoms with Crippen LogP contribution in [-0.2, 0) is 24.3 Å². The summed E-state index contributed by atoms with van der Waals surface area (Å²) in [7, 11) is -3.81. The Kier molecular flexibility index (Phi) is 8.40. The largest absolute Gasteiger partial charge is 0.389 e. The van der Waals surface area contributed by atoms with E-state index in [9.17, 15) is 18.3 Å². The first-order chi connectivity index (χ1) is 15.9. The number of aliphatic hydroxyl groups is 1. The third-order valence-corrected chi connectivity index (χ3v) is 8.91. The average molecular weight is 481 g/mol. The summed E-state index contributed by atoms with van der Waals surface area (Å²) in [6.07, 6.45) is 5.86. The van der Waals surface area contributed by atoms with Crippen molar-refractivity contribution in [2.45, 2.75) is 80.6 Å². The lowest BCUT2D eigenvalue weighted by molar-refractivity contribution is -0.146. The Morgan fingerprint density at radius 2 is 1.82 bits per heavy atom. The Hall–Kier alpha value is -1.52. The van der Waals surface area contributed by atoms with E-state index in [-0.39, 0.29) is 43.1 Å². The average Bonchev–Trinajstić information content (AvgIpc) is 2.82. The maximum atomic E-state index is 13.4. The highest BCUT2D eigenvalue weighted by atomic mass is 32.2. The molecule has 0 radical (unpaired) electrons. The molecule has 33 heavy (non-hydrogen) atoms. The number of β-amino-alcohol motifs (C(OH)–C–C–N with tert-alkyl or cyclic N) is 1. The summed E-state index contributed by atoms with van der Waals surface area (Å²) >= 11 is 0. The summed E-state index contributed by atoms with van der Waals surface area (Å²) in [6, 6.07) is 7.82. The van der Waals surface area contributed by atoms with Gasteiger partial charge in [0.1, 0.15) is 0 Å². The molecule has 0 aromatic heterocycles. The number of nitrogens with one attached hydrogen (secondary N) is 1. The van der Waals surface area contributed by atoms with Crippen molar-refractivity contribution in [3.05, 3.63) is 30.3 Å². The zero-order valence-electron chi connectivity index (χ0n) is 19.1. The molecule has 9 heteroatoms. The molecule has 0 unspecified atom stereocenters. The summed E-state index contributed by atoms with van der Waals surface area (Å²) in [5.74, 6) is 0.557. The van der Waals surface area contributed by atoms with Gasteiger partial charge in [0.25, 0.3) is 0 Å². The van der Waals surface area contributed by atoms with Crippen molar-refractivity contribution in [1.29, 1.82) is 0 Å². The van der Waals surface area contributed by atoms with E-state index < -0.39 is 28.3 Å². The van der Waals surface area contributed by atoms with Crippen molar-refractivity contribution in [2.24, 2.45) is 5.92 Å². The van der Waals surface area contributed by atoms with Crippen LogP contribution in [0, 0.1) is 5.92 Å². The number of benzene rings is 1. The number of hydrogen-bond acceptors (Lipinski definition) is 6. The fourth-order valence-corrected chi connectivity index (χ4v) is 6.96. The van der Waals surface area contributed by atoms with Crippen LogP contribution >= 0.6 is 0 Å². The van der Waals surface area contributed by atoms with Crippen LogP contribution in [0.1, 0.15) is 51.4 Å². The number of hydrogen-bond donors (Lipinski definition) is 2. The molecule has 2 heterocycles. The number of nitrogens with zero attached hydrogens (tertiary/aromatic N) is 1. The van der Waals surface area contributed by atoms with Crippen molar-refractivity contribution in [3.63, 3.8) is 0 Å². The molecule has 0 spiro atoms. The molecular formula is C24H36N2O6S. The van der Waals surface area contributed by atoms with E-state index in [0.29, 0.717) is 18.8 Å². The molecule has 1 amide bonds. The number of carbonyl (C=O) groups excluding carboxylic acids is 1. The fourth-order valence-electron chi connectivity index (χ4n) is 5.23. The molecule has 2 N–H and O–H groups in total. The monoisotopic (exact) mass is 480 g/mol. The van der Waals surface area contributed by atoms with Gasteiger partial charge in [0.15, 0.2) is 0 Å². The first kappa shape index (κ1) is 24.6. The van der Waals surface area contributed by atoms with Gasteiger partial charge in [-0.1, -0.05) is 37.5 Å². The Morgan fingerprint density at radius 1 is 1.06 bits per heavy atom. The van der Waals surface area contributed by atoms with Crippen LogP contribution in [0.15, 0.2) is 35.2 Å². The van der Waals surface area contributed by atoms with Crippen LogP contribution in [0.4, 0.5) is 0 Å². The lowest BCUT2D eigenvalue weighted by Crippen LogP contribution is -2.57. The Bertz CT molecular complexity index is 874. The number of ether oxygens (including phenoxy) is 2. The molecule has 2 aliphatic heterocycles. The minimum atomic E-state index is -3.81.